The van der Waals surface area contributed by atoms with Gasteiger partial charge in [0.05, 0.1) is 6.20 Å². The Labute approximate surface area is 111 Å². The van der Waals surface area contributed by atoms with Gasteiger partial charge in [0.2, 0.25) is 0 Å². The molecule has 1 unspecified atom stereocenters. The lowest BCUT2D eigenvalue weighted by Gasteiger charge is -2.17. The van der Waals surface area contributed by atoms with Crippen molar-refractivity contribution in [2.75, 3.05) is 13.1 Å². The van der Waals surface area contributed by atoms with Gasteiger partial charge in [0.1, 0.15) is 5.56 Å². The second-order valence-corrected chi connectivity index (χ2v) is 6.95. The van der Waals surface area contributed by atoms with E-state index in [1.807, 2.05) is 0 Å². The fourth-order valence-electron chi connectivity index (χ4n) is 2.27. The molecule has 1 aromatic rings. The molecule has 1 atom stereocenters. The van der Waals surface area contributed by atoms with Crippen molar-refractivity contribution in [3.05, 3.63) is 11.8 Å². The summed E-state index contributed by atoms with van der Waals surface area (Å²) in [5, 5.41) is 14.4. The Morgan fingerprint density at radius 2 is 2.26 bits per heavy atom. The first-order chi connectivity index (χ1) is 8.84. The number of carboxylic acids is 1. The average Bonchev–Trinajstić information content (AvgIpc) is 2.98. The smallest absolute Gasteiger partial charge is 0.340 e. The predicted molar refractivity (Wildman–Crippen MR) is 67.3 cm³/mol. The topological polar surface area (TPSA) is 103 Å². The van der Waals surface area contributed by atoms with E-state index in [1.165, 1.54) is 4.31 Å². The lowest BCUT2D eigenvalue weighted by molar-refractivity contribution is 0.0692. The fourth-order valence-corrected chi connectivity index (χ4v) is 3.85. The van der Waals surface area contributed by atoms with Crippen molar-refractivity contribution >= 4 is 16.0 Å². The molecule has 0 saturated carbocycles. The number of hydrogen-bond donors (Lipinski definition) is 2. The van der Waals surface area contributed by atoms with Crippen molar-refractivity contribution < 1.29 is 18.3 Å². The predicted octanol–water partition coefficient (Wildman–Crippen LogP) is 0.774. The quantitative estimate of drug-likeness (QED) is 0.851. The van der Waals surface area contributed by atoms with Gasteiger partial charge in [-0.15, -0.1) is 0 Å². The first-order valence-corrected chi connectivity index (χ1v) is 7.55. The monoisotopic (exact) mass is 287 g/mol. The van der Waals surface area contributed by atoms with Crippen LogP contribution in [0.4, 0.5) is 0 Å². The molecule has 2 heterocycles. The molecule has 0 amide bonds. The third-order valence-electron chi connectivity index (χ3n) is 3.56. The zero-order valence-corrected chi connectivity index (χ0v) is 11.6. The van der Waals surface area contributed by atoms with Gasteiger partial charge in [-0.25, -0.2) is 13.2 Å². The van der Waals surface area contributed by atoms with E-state index >= 15 is 0 Å². The van der Waals surface area contributed by atoms with Gasteiger partial charge in [-0.05, 0) is 18.3 Å². The maximum absolute atomic E-state index is 12.4. The third kappa shape index (κ3) is 2.50. The Balaban J connectivity index is 2.29. The second-order valence-electron chi connectivity index (χ2n) is 5.07. The van der Waals surface area contributed by atoms with E-state index in [0.717, 1.165) is 12.6 Å². The molecule has 106 valence electrons. The van der Waals surface area contributed by atoms with Crippen LogP contribution in [0.1, 0.15) is 30.6 Å². The molecule has 1 aliphatic rings. The van der Waals surface area contributed by atoms with Crippen LogP contribution in [0.15, 0.2) is 11.2 Å². The van der Waals surface area contributed by atoms with Gasteiger partial charge in [-0.3, -0.25) is 5.10 Å². The maximum Gasteiger partial charge on any atom is 0.340 e. The Morgan fingerprint density at radius 1 is 1.58 bits per heavy atom. The third-order valence-corrected chi connectivity index (χ3v) is 5.40. The van der Waals surface area contributed by atoms with Gasteiger partial charge in [0.15, 0.2) is 5.03 Å². The minimum Gasteiger partial charge on any atom is -0.478 e. The number of rotatable bonds is 4. The number of nitrogens with zero attached hydrogens (tertiary/aromatic N) is 2. The zero-order chi connectivity index (χ0) is 14.2. The van der Waals surface area contributed by atoms with Gasteiger partial charge in [-0.2, -0.15) is 9.40 Å². The number of H-pyrrole nitrogens is 1. The van der Waals surface area contributed by atoms with E-state index in [2.05, 4.69) is 24.0 Å². The lowest BCUT2D eigenvalue weighted by Crippen LogP contribution is -2.30. The van der Waals surface area contributed by atoms with Crippen LogP contribution in [0.2, 0.25) is 0 Å². The number of carboxylic acid groups (broad SMARTS) is 1. The Hall–Kier alpha value is -1.41. The van der Waals surface area contributed by atoms with Crippen molar-refractivity contribution in [1.82, 2.24) is 14.5 Å². The zero-order valence-electron chi connectivity index (χ0n) is 10.8. The molecule has 2 N–H and O–H groups in total. The van der Waals surface area contributed by atoms with Gasteiger partial charge in [-0.1, -0.05) is 13.8 Å². The molecule has 0 radical (unpaired) electrons. The van der Waals surface area contributed by atoms with E-state index in [9.17, 15) is 13.2 Å². The summed E-state index contributed by atoms with van der Waals surface area (Å²) in [7, 11) is -3.80. The minimum absolute atomic E-state index is 0.311. The van der Waals surface area contributed by atoms with Crippen molar-refractivity contribution in [2.24, 2.45) is 11.8 Å². The van der Waals surface area contributed by atoms with Crippen molar-refractivity contribution in [1.29, 1.82) is 0 Å². The van der Waals surface area contributed by atoms with Gasteiger partial charge < -0.3 is 5.11 Å². The molecule has 19 heavy (non-hydrogen) atoms. The highest BCUT2D eigenvalue weighted by molar-refractivity contribution is 7.89. The molecule has 1 saturated heterocycles. The Morgan fingerprint density at radius 3 is 2.79 bits per heavy atom. The van der Waals surface area contributed by atoms with Crippen molar-refractivity contribution in [3.8, 4) is 0 Å². The molecule has 0 aliphatic carbocycles. The van der Waals surface area contributed by atoms with Crippen LogP contribution in [0.3, 0.4) is 0 Å². The summed E-state index contributed by atoms with van der Waals surface area (Å²) in [6.07, 6.45) is 1.82. The lowest BCUT2D eigenvalue weighted by atomic mass is 9.96. The molecule has 1 aromatic heterocycles. The highest BCUT2D eigenvalue weighted by Gasteiger charge is 2.36. The van der Waals surface area contributed by atoms with Gasteiger partial charge >= 0.3 is 5.97 Å². The summed E-state index contributed by atoms with van der Waals surface area (Å²) in [6, 6.07) is 0. The second kappa shape index (κ2) is 4.93. The van der Waals surface area contributed by atoms with E-state index in [1.54, 1.807) is 0 Å². The molecule has 0 bridgehead atoms. The largest absolute Gasteiger partial charge is 0.478 e. The van der Waals surface area contributed by atoms with E-state index in [0.29, 0.717) is 24.9 Å². The Bertz CT molecular complexity index is 579. The van der Waals surface area contributed by atoms with E-state index < -0.39 is 16.0 Å². The standard InChI is InChI=1S/C11H17N3O4S/c1-7(2)8-3-4-14(6-8)19(17,18)10-9(11(15)16)5-12-13-10/h5,7-8H,3-4,6H2,1-2H3,(H,12,13)(H,15,16). The fraction of sp³-hybridized carbons (Fsp3) is 0.636. The maximum atomic E-state index is 12.4. The molecule has 8 heteroatoms. The summed E-state index contributed by atoms with van der Waals surface area (Å²) in [5.74, 6) is -0.584. The number of hydrogen-bond acceptors (Lipinski definition) is 4. The van der Waals surface area contributed by atoms with Crippen LogP contribution in [-0.2, 0) is 10.0 Å². The van der Waals surface area contributed by atoms with Crippen LogP contribution in [0.25, 0.3) is 0 Å². The highest BCUT2D eigenvalue weighted by Crippen LogP contribution is 2.28. The van der Waals surface area contributed by atoms with Crippen LogP contribution in [-0.4, -0.2) is 47.1 Å². The Kier molecular flexibility index (Phi) is 3.64. The first-order valence-electron chi connectivity index (χ1n) is 6.11. The number of aromatic amines is 1. The first kappa shape index (κ1) is 14.0. The van der Waals surface area contributed by atoms with Gasteiger partial charge in [0, 0.05) is 13.1 Å². The van der Waals surface area contributed by atoms with Crippen LogP contribution in [0, 0.1) is 11.8 Å². The number of nitrogens with one attached hydrogen (secondary N) is 1. The summed E-state index contributed by atoms with van der Waals surface area (Å²) in [4.78, 5) is 11.0. The number of aromatic nitrogens is 2. The van der Waals surface area contributed by atoms with E-state index in [-0.39, 0.29) is 10.6 Å². The summed E-state index contributed by atoms with van der Waals surface area (Å²) in [6.45, 7) is 4.96. The summed E-state index contributed by atoms with van der Waals surface area (Å²) >= 11 is 0. The van der Waals surface area contributed by atoms with E-state index in [4.69, 9.17) is 5.11 Å². The molecule has 0 spiro atoms. The number of sulfonamides is 1. The number of aromatic carboxylic acids is 1. The molecular formula is C11H17N3O4S. The highest BCUT2D eigenvalue weighted by atomic mass is 32.2. The van der Waals surface area contributed by atoms with Crippen molar-refractivity contribution in [2.45, 2.75) is 25.3 Å². The average molecular weight is 287 g/mol. The SMILES string of the molecule is CC(C)C1CCN(S(=O)(=O)c2[nH]ncc2C(=O)O)C1. The minimum atomic E-state index is -3.80. The van der Waals surface area contributed by atoms with Crippen LogP contribution < -0.4 is 0 Å². The molecule has 1 fully saturated rings. The number of carbonyl (C=O) groups is 1. The summed E-state index contributed by atoms with van der Waals surface area (Å²) < 4.78 is 26.1. The molecular weight excluding hydrogens is 270 g/mol. The molecule has 7 nitrogen and oxygen atoms in total. The van der Waals surface area contributed by atoms with Crippen molar-refractivity contribution in [3.63, 3.8) is 0 Å². The molecule has 1 aliphatic heterocycles. The molecule has 2 rings (SSSR count). The molecule has 0 aromatic carbocycles. The van der Waals surface area contributed by atoms with Crippen LogP contribution >= 0.6 is 0 Å². The summed E-state index contributed by atoms with van der Waals surface area (Å²) in [5.41, 5.74) is -0.312. The van der Waals surface area contributed by atoms with Crippen LogP contribution in [0.5, 0.6) is 0 Å². The van der Waals surface area contributed by atoms with Gasteiger partial charge in [0.25, 0.3) is 10.0 Å². The normalized spacial score (nSPS) is 21.1.